The highest BCUT2D eigenvalue weighted by Gasteiger charge is 2.25. The van der Waals surface area contributed by atoms with Crippen molar-refractivity contribution >= 4 is 6.03 Å². The van der Waals surface area contributed by atoms with Gasteiger partial charge in [0.2, 0.25) is 5.89 Å². The Hall–Kier alpha value is -2.41. The monoisotopic (exact) mass is 316 g/mol. The molecule has 1 fully saturated rings. The minimum Gasteiger partial charge on any atom is -0.373 e. The van der Waals surface area contributed by atoms with Crippen LogP contribution in [0.5, 0.6) is 0 Å². The summed E-state index contributed by atoms with van der Waals surface area (Å²) in [4.78, 5) is 16.0. The first kappa shape index (κ1) is 15.5. The molecule has 0 spiro atoms. The average Bonchev–Trinajstić information content (AvgIpc) is 3.00. The summed E-state index contributed by atoms with van der Waals surface area (Å²) in [5.74, 6) is 0.948. The molecule has 3 rings (SSSR count). The number of benzene rings is 1. The van der Waals surface area contributed by atoms with E-state index >= 15 is 0 Å². The van der Waals surface area contributed by atoms with Crippen LogP contribution in [-0.4, -0.2) is 28.8 Å². The number of nitrogens with zero attached hydrogens (tertiary/aromatic N) is 2. The molecule has 0 unspecified atom stereocenters. The van der Waals surface area contributed by atoms with Crippen LogP contribution in [0.1, 0.15) is 36.2 Å². The molecule has 0 aliphatic carbocycles. The zero-order chi connectivity index (χ0) is 16.1. The van der Waals surface area contributed by atoms with E-state index in [-0.39, 0.29) is 24.7 Å². The van der Waals surface area contributed by atoms with Crippen molar-refractivity contribution in [1.82, 2.24) is 20.8 Å². The number of hydrogen-bond donors (Lipinski definition) is 2. The highest BCUT2D eigenvalue weighted by atomic mass is 16.5. The minimum absolute atomic E-state index is 0.0221. The molecular formula is C16H20N4O3. The van der Waals surface area contributed by atoms with E-state index in [1.807, 2.05) is 30.3 Å². The van der Waals surface area contributed by atoms with E-state index in [4.69, 9.17) is 9.26 Å². The molecule has 1 saturated heterocycles. The Morgan fingerprint density at radius 2 is 2.17 bits per heavy atom. The molecule has 7 heteroatoms. The van der Waals surface area contributed by atoms with Gasteiger partial charge in [-0.1, -0.05) is 35.5 Å². The number of carbonyl (C=O) groups is 1. The summed E-state index contributed by atoms with van der Waals surface area (Å²) in [6.07, 6.45) is 1.59. The number of nitrogens with one attached hydrogen (secondary N) is 2. The standard InChI is InChI=1S/C16H20N4O3/c1-11-18-15(23-20-11)10-17-16(21)19-13-7-8-22-14(9-13)12-5-3-2-4-6-12/h2-6,13-14H,7-10H2,1H3,(H2,17,19,21)/t13-,14+/m1/s1. The molecule has 7 nitrogen and oxygen atoms in total. The van der Waals surface area contributed by atoms with Crippen LogP contribution in [0.3, 0.4) is 0 Å². The molecule has 2 N–H and O–H groups in total. The summed E-state index contributed by atoms with van der Waals surface area (Å²) >= 11 is 0. The van der Waals surface area contributed by atoms with E-state index in [0.29, 0.717) is 18.3 Å². The normalized spacial score (nSPS) is 20.9. The second kappa shape index (κ2) is 7.23. The highest BCUT2D eigenvalue weighted by molar-refractivity contribution is 5.74. The van der Waals surface area contributed by atoms with Gasteiger partial charge >= 0.3 is 6.03 Å². The zero-order valence-electron chi connectivity index (χ0n) is 13.0. The van der Waals surface area contributed by atoms with E-state index in [0.717, 1.165) is 18.4 Å². The van der Waals surface area contributed by atoms with Crippen molar-refractivity contribution in [2.24, 2.45) is 0 Å². The third-order valence-electron chi connectivity index (χ3n) is 3.76. The molecule has 1 aliphatic heterocycles. The molecule has 1 aliphatic rings. The van der Waals surface area contributed by atoms with Crippen molar-refractivity contribution in [3.63, 3.8) is 0 Å². The van der Waals surface area contributed by atoms with Crippen LogP contribution in [0.2, 0.25) is 0 Å². The fraction of sp³-hybridized carbons (Fsp3) is 0.438. The quantitative estimate of drug-likeness (QED) is 0.901. The third-order valence-corrected chi connectivity index (χ3v) is 3.76. The molecule has 2 amide bonds. The lowest BCUT2D eigenvalue weighted by Gasteiger charge is -2.30. The Morgan fingerprint density at radius 1 is 1.35 bits per heavy atom. The predicted octanol–water partition coefficient (Wildman–Crippen LogP) is 2.10. The molecule has 122 valence electrons. The lowest BCUT2D eigenvalue weighted by atomic mass is 9.97. The molecule has 2 heterocycles. The maximum absolute atomic E-state index is 12.0. The first-order valence-corrected chi connectivity index (χ1v) is 7.71. The molecule has 1 aromatic heterocycles. The van der Waals surface area contributed by atoms with Gasteiger partial charge in [0.25, 0.3) is 0 Å². The van der Waals surface area contributed by atoms with Crippen molar-refractivity contribution < 1.29 is 14.1 Å². The van der Waals surface area contributed by atoms with Crippen LogP contribution >= 0.6 is 0 Å². The van der Waals surface area contributed by atoms with E-state index in [1.165, 1.54) is 0 Å². The molecule has 2 aromatic rings. The second-order valence-electron chi connectivity index (χ2n) is 5.55. The minimum atomic E-state index is -0.237. The number of amides is 2. The van der Waals surface area contributed by atoms with Crippen LogP contribution < -0.4 is 10.6 Å². The van der Waals surface area contributed by atoms with Crippen LogP contribution in [-0.2, 0) is 11.3 Å². The van der Waals surface area contributed by atoms with Gasteiger partial charge in [-0.15, -0.1) is 0 Å². The SMILES string of the molecule is Cc1noc(CNC(=O)N[C@@H]2CCO[C@H](c3ccccc3)C2)n1. The van der Waals surface area contributed by atoms with Crippen LogP contribution in [0.15, 0.2) is 34.9 Å². The van der Waals surface area contributed by atoms with Crippen molar-refractivity contribution in [2.45, 2.75) is 38.5 Å². The van der Waals surface area contributed by atoms with Gasteiger partial charge in [0.1, 0.15) is 0 Å². The zero-order valence-corrected chi connectivity index (χ0v) is 13.0. The molecule has 1 aromatic carbocycles. The van der Waals surface area contributed by atoms with Crippen molar-refractivity contribution in [1.29, 1.82) is 0 Å². The lowest BCUT2D eigenvalue weighted by Crippen LogP contribution is -2.44. The van der Waals surface area contributed by atoms with Gasteiger partial charge in [-0.3, -0.25) is 0 Å². The molecule has 2 atom stereocenters. The molecule has 23 heavy (non-hydrogen) atoms. The van der Waals surface area contributed by atoms with Crippen molar-refractivity contribution in [3.8, 4) is 0 Å². The lowest BCUT2D eigenvalue weighted by molar-refractivity contribution is 0.00224. The summed E-state index contributed by atoms with van der Waals surface area (Å²) in [5, 5.41) is 9.38. The van der Waals surface area contributed by atoms with Crippen molar-refractivity contribution in [2.75, 3.05) is 6.61 Å². The van der Waals surface area contributed by atoms with Gasteiger partial charge in [-0.05, 0) is 25.3 Å². The van der Waals surface area contributed by atoms with Crippen LogP contribution in [0.4, 0.5) is 4.79 Å². The number of rotatable bonds is 4. The van der Waals surface area contributed by atoms with E-state index in [1.54, 1.807) is 6.92 Å². The summed E-state index contributed by atoms with van der Waals surface area (Å²) in [5.41, 5.74) is 1.14. The maximum Gasteiger partial charge on any atom is 0.315 e. The first-order valence-electron chi connectivity index (χ1n) is 7.71. The predicted molar refractivity (Wildman–Crippen MR) is 82.6 cm³/mol. The average molecular weight is 316 g/mol. The maximum atomic E-state index is 12.0. The fourth-order valence-corrected chi connectivity index (χ4v) is 2.63. The van der Waals surface area contributed by atoms with Gasteiger partial charge in [-0.25, -0.2) is 4.79 Å². The van der Waals surface area contributed by atoms with Gasteiger partial charge in [0.05, 0.1) is 12.6 Å². The highest BCUT2D eigenvalue weighted by Crippen LogP contribution is 2.27. The van der Waals surface area contributed by atoms with E-state index in [9.17, 15) is 4.79 Å². The number of aryl methyl sites for hydroxylation is 1. The van der Waals surface area contributed by atoms with Crippen LogP contribution in [0, 0.1) is 6.92 Å². The Morgan fingerprint density at radius 3 is 2.91 bits per heavy atom. The molecule has 0 radical (unpaired) electrons. The Kier molecular flexibility index (Phi) is 4.87. The summed E-state index contributed by atoms with van der Waals surface area (Å²) in [6.45, 7) is 2.59. The topological polar surface area (TPSA) is 89.3 Å². The first-order chi connectivity index (χ1) is 11.2. The van der Waals surface area contributed by atoms with E-state index < -0.39 is 0 Å². The molecule has 0 saturated carbocycles. The third kappa shape index (κ3) is 4.29. The Bertz CT molecular complexity index is 644. The number of carbonyl (C=O) groups excluding carboxylic acids is 1. The fourth-order valence-electron chi connectivity index (χ4n) is 2.63. The summed E-state index contributed by atoms with van der Waals surface area (Å²) in [6, 6.07) is 9.91. The van der Waals surface area contributed by atoms with Gasteiger partial charge in [0.15, 0.2) is 5.82 Å². The number of ether oxygens (including phenoxy) is 1. The summed E-state index contributed by atoms with van der Waals surface area (Å²) < 4.78 is 10.8. The van der Waals surface area contributed by atoms with E-state index in [2.05, 4.69) is 20.8 Å². The number of urea groups is 1. The van der Waals surface area contributed by atoms with Gasteiger partial charge < -0.3 is 19.9 Å². The van der Waals surface area contributed by atoms with Crippen molar-refractivity contribution in [3.05, 3.63) is 47.6 Å². The van der Waals surface area contributed by atoms with Gasteiger partial charge in [-0.2, -0.15) is 4.98 Å². The molecular weight excluding hydrogens is 296 g/mol. The summed E-state index contributed by atoms with van der Waals surface area (Å²) in [7, 11) is 0. The van der Waals surface area contributed by atoms with Gasteiger partial charge in [0, 0.05) is 12.6 Å². The second-order valence-corrected chi connectivity index (χ2v) is 5.55. The molecule has 0 bridgehead atoms. The Balaban J connectivity index is 1.48. The number of hydrogen-bond acceptors (Lipinski definition) is 5. The smallest absolute Gasteiger partial charge is 0.315 e. The van der Waals surface area contributed by atoms with Crippen LogP contribution in [0.25, 0.3) is 0 Å². The number of aromatic nitrogens is 2. The largest absolute Gasteiger partial charge is 0.373 e. The Labute approximate surface area is 134 Å².